The molecule has 0 atom stereocenters. The fourth-order valence-corrected chi connectivity index (χ4v) is 1.53. The summed E-state index contributed by atoms with van der Waals surface area (Å²) in [6.07, 6.45) is 2.47. The monoisotopic (exact) mass is 279 g/mol. The number of carbonyl (C=O) groups is 1. The van der Waals surface area contributed by atoms with Crippen molar-refractivity contribution in [1.82, 2.24) is 20.6 Å². The number of nitrogens with two attached hydrogens (primary N) is 2. The molecule has 0 saturated carbocycles. The van der Waals surface area contributed by atoms with E-state index < -0.39 is 5.91 Å². The molecule has 7 N–H and O–H groups in total. The number of carbonyl (C=O) groups excluding carboxylic acids is 1. The van der Waals surface area contributed by atoms with Gasteiger partial charge in [-0.3, -0.25) is 15.5 Å². The number of nitrogen functional groups attached to an aromatic ring is 2. The molecule has 0 radical (unpaired) electrons. The minimum atomic E-state index is -0.571. The normalized spacial score (nSPS) is 10.1. The molecule has 0 aromatic carbocycles. The third kappa shape index (κ3) is 4.08. The first-order valence-corrected chi connectivity index (χ1v) is 6.55. The Bertz CT molecular complexity index is 501. The highest BCUT2D eigenvalue weighted by Crippen LogP contribution is 2.13. The summed E-state index contributed by atoms with van der Waals surface area (Å²) in [7, 11) is 0. The lowest BCUT2D eigenvalue weighted by Crippen LogP contribution is -2.41. The van der Waals surface area contributed by atoms with Gasteiger partial charge < -0.3 is 16.8 Å². The predicted octanol–water partition coefficient (Wildman–Crippen LogP) is 0.258. The van der Waals surface area contributed by atoms with E-state index in [9.17, 15) is 4.79 Å². The molecule has 20 heavy (non-hydrogen) atoms. The smallest absolute Gasteiger partial charge is 0.280 e. The molecule has 0 unspecified atom stereocenters. The van der Waals surface area contributed by atoms with Crippen LogP contribution in [0.5, 0.6) is 0 Å². The molecule has 1 aromatic heterocycles. The maximum Gasteiger partial charge on any atom is 0.280 e. The molecule has 0 saturated heterocycles. The molecule has 110 valence electrons. The molecule has 8 heteroatoms. The number of unbranched alkanes of at least 4 members (excludes halogenated alkanes) is 1. The SMILES string of the molecule is CCCCNC(=N)NC(=O)c1nc(CC)c(N)nc1N. The van der Waals surface area contributed by atoms with Crippen molar-refractivity contribution in [3.8, 4) is 0 Å². The van der Waals surface area contributed by atoms with Crippen molar-refractivity contribution in [2.24, 2.45) is 0 Å². The summed E-state index contributed by atoms with van der Waals surface area (Å²) in [4.78, 5) is 20.0. The van der Waals surface area contributed by atoms with Gasteiger partial charge in [-0.05, 0) is 12.8 Å². The van der Waals surface area contributed by atoms with Crippen LogP contribution in [-0.4, -0.2) is 28.4 Å². The second-order valence-electron chi connectivity index (χ2n) is 4.25. The van der Waals surface area contributed by atoms with Crippen molar-refractivity contribution in [2.45, 2.75) is 33.1 Å². The van der Waals surface area contributed by atoms with Gasteiger partial charge in [0.1, 0.15) is 5.82 Å². The first kappa shape index (κ1) is 15.7. The molecule has 8 nitrogen and oxygen atoms in total. The van der Waals surface area contributed by atoms with E-state index in [1.165, 1.54) is 0 Å². The summed E-state index contributed by atoms with van der Waals surface area (Å²) in [5.41, 5.74) is 11.8. The van der Waals surface area contributed by atoms with Gasteiger partial charge in [0.25, 0.3) is 5.91 Å². The molecule has 0 bridgehead atoms. The van der Waals surface area contributed by atoms with Crippen molar-refractivity contribution in [3.63, 3.8) is 0 Å². The van der Waals surface area contributed by atoms with Crippen LogP contribution in [0.1, 0.15) is 42.9 Å². The van der Waals surface area contributed by atoms with Crippen molar-refractivity contribution in [2.75, 3.05) is 18.0 Å². The molecule has 1 amide bonds. The molecule has 0 aliphatic heterocycles. The van der Waals surface area contributed by atoms with E-state index in [1.54, 1.807) is 0 Å². The minimum Gasteiger partial charge on any atom is -0.382 e. The molecule has 1 aromatic rings. The molecule has 1 heterocycles. The standard InChI is InChI=1S/C12H21N7O/c1-3-5-6-16-12(15)19-11(20)8-10(14)18-9(13)7(4-2)17-8/h3-6H2,1-2H3,(H4,13,14,18)(H3,15,16,19,20). The van der Waals surface area contributed by atoms with Gasteiger partial charge in [-0.1, -0.05) is 20.3 Å². The molecule has 0 aliphatic carbocycles. The Hall–Kier alpha value is -2.38. The number of aryl methyl sites for hydroxylation is 1. The van der Waals surface area contributed by atoms with Gasteiger partial charge in [0, 0.05) is 6.54 Å². The van der Waals surface area contributed by atoms with Crippen LogP contribution in [0.3, 0.4) is 0 Å². The van der Waals surface area contributed by atoms with Crippen molar-refractivity contribution in [1.29, 1.82) is 5.41 Å². The van der Waals surface area contributed by atoms with Crippen LogP contribution >= 0.6 is 0 Å². The zero-order valence-electron chi connectivity index (χ0n) is 11.8. The number of rotatable bonds is 5. The second kappa shape index (κ2) is 7.27. The molecule has 0 fully saturated rings. The van der Waals surface area contributed by atoms with Crippen LogP contribution < -0.4 is 22.1 Å². The summed E-state index contributed by atoms with van der Waals surface area (Å²) in [5.74, 6) is -0.477. The first-order chi connectivity index (χ1) is 9.49. The van der Waals surface area contributed by atoms with E-state index >= 15 is 0 Å². The Morgan fingerprint density at radius 1 is 1.25 bits per heavy atom. The highest BCUT2D eigenvalue weighted by atomic mass is 16.2. The van der Waals surface area contributed by atoms with Crippen molar-refractivity contribution >= 4 is 23.5 Å². The lowest BCUT2D eigenvalue weighted by atomic mass is 10.3. The summed E-state index contributed by atoms with van der Waals surface area (Å²) < 4.78 is 0. The molecular weight excluding hydrogens is 258 g/mol. The predicted molar refractivity (Wildman–Crippen MR) is 78.3 cm³/mol. The second-order valence-corrected chi connectivity index (χ2v) is 4.25. The quantitative estimate of drug-likeness (QED) is 0.297. The van der Waals surface area contributed by atoms with E-state index in [0.717, 1.165) is 12.8 Å². The number of nitrogens with one attached hydrogen (secondary N) is 3. The van der Waals surface area contributed by atoms with Gasteiger partial charge >= 0.3 is 0 Å². The van der Waals surface area contributed by atoms with Gasteiger partial charge in [0.2, 0.25) is 0 Å². The van der Waals surface area contributed by atoms with Crippen LogP contribution in [0, 0.1) is 5.41 Å². The third-order valence-electron chi connectivity index (χ3n) is 2.65. The Morgan fingerprint density at radius 3 is 2.55 bits per heavy atom. The fraction of sp³-hybridized carbons (Fsp3) is 0.500. The number of hydrogen-bond acceptors (Lipinski definition) is 6. The third-order valence-corrected chi connectivity index (χ3v) is 2.65. The van der Waals surface area contributed by atoms with E-state index in [4.69, 9.17) is 16.9 Å². The first-order valence-electron chi connectivity index (χ1n) is 6.55. The summed E-state index contributed by atoms with van der Waals surface area (Å²) in [6, 6.07) is 0. The zero-order valence-corrected chi connectivity index (χ0v) is 11.8. The number of anilines is 2. The van der Waals surface area contributed by atoms with Gasteiger partial charge in [-0.2, -0.15) is 0 Å². The number of aromatic nitrogens is 2. The molecule has 0 aliphatic rings. The average Bonchev–Trinajstić information content (AvgIpc) is 2.39. The lowest BCUT2D eigenvalue weighted by molar-refractivity contribution is 0.0971. The molecule has 1 rings (SSSR count). The number of amides is 1. The number of nitrogens with zero attached hydrogens (tertiary/aromatic N) is 2. The van der Waals surface area contributed by atoms with Gasteiger partial charge in [-0.25, -0.2) is 9.97 Å². The maximum atomic E-state index is 12.0. The largest absolute Gasteiger partial charge is 0.382 e. The van der Waals surface area contributed by atoms with Gasteiger partial charge in [-0.15, -0.1) is 0 Å². The summed E-state index contributed by atoms with van der Waals surface area (Å²) >= 11 is 0. The topological polar surface area (TPSA) is 143 Å². The maximum absolute atomic E-state index is 12.0. The zero-order chi connectivity index (χ0) is 15.1. The number of hydrogen-bond donors (Lipinski definition) is 5. The number of guanidine groups is 1. The van der Waals surface area contributed by atoms with Crippen LogP contribution in [0.4, 0.5) is 11.6 Å². The van der Waals surface area contributed by atoms with E-state index in [1.807, 2.05) is 13.8 Å². The summed E-state index contributed by atoms with van der Waals surface area (Å²) in [5, 5.41) is 12.8. The Kier molecular flexibility index (Phi) is 5.70. The van der Waals surface area contributed by atoms with Crippen molar-refractivity contribution in [3.05, 3.63) is 11.4 Å². The van der Waals surface area contributed by atoms with Crippen molar-refractivity contribution < 1.29 is 4.79 Å². The highest BCUT2D eigenvalue weighted by Gasteiger charge is 2.16. The Labute approximate surface area is 117 Å². The van der Waals surface area contributed by atoms with E-state index in [2.05, 4.69) is 20.6 Å². The van der Waals surface area contributed by atoms with E-state index in [0.29, 0.717) is 18.7 Å². The highest BCUT2D eigenvalue weighted by molar-refractivity contribution is 6.06. The van der Waals surface area contributed by atoms with Crippen LogP contribution in [-0.2, 0) is 6.42 Å². The Balaban J connectivity index is 2.74. The fourth-order valence-electron chi connectivity index (χ4n) is 1.53. The Morgan fingerprint density at radius 2 is 1.95 bits per heavy atom. The van der Waals surface area contributed by atoms with E-state index in [-0.39, 0.29) is 23.3 Å². The molecule has 0 spiro atoms. The van der Waals surface area contributed by atoms with Gasteiger partial charge in [0.05, 0.1) is 5.69 Å². The van der Waals surface area contributed by atoms with Crippen LogP contribution in [0.25, 0.3) is 0 Å². The van der Waals surface area contributed by atoms with Crippen LogP contribution in [0.2, 0.25) is 0 Å². The average molecular weight is 279 g/mol. The van der Waals surface area contributed by atoms with Crippen LogP contribution in [0.15, 0.2) is 0 Å². The minimum absolute atomic E-state index is 0.0157. The molecular formula is C12H21N7O. The summed E-state index contributed by atoms with van der Waals surface area (Å²) in [6.45, 7) is 4.52. The lowest BCUT2D eigenvalue weighted by Gasteiger charge is -2.11. The van der Waals surface area contributed by atoms with Gasteiger partial charge in [0.15, 0.2) is 17.5 Å².